The van der Waals surface area contributed by atoms with E-state index < -0.39 is 30.7 Å². The van der Waals surface area contributed by atoms with Crippen LogP contribution in [-0.4, -0.2) is 28.4 Å². The molecule has 0 saturated carbocycles. The first-order valence-electron chi connectivity index (χ1n) is 5.87. The number of nitrogens with zero attached hydrogens (tertiary/aromatic N) is 1. The number of hydrogen-bond acceptors (Lipinski definition) is 4. The van der Waals surface area contributed by atoms with Gasteiger partial charge < -0.3 is 14.4 Å². The number of aliphatic hydroxyl groups excluding tert-OH is 1. The highest BCUT2D eigenvalue weighted by atomic mass is 19.1. The molecule has 0 unspecified atom stereocenters. The zero-order valence-electron chi connectivity index (χ0n) is 11.0. The molecule has 0 aliphatic carbocycles. The van der Waals surface area contributed by atoms with Gasteiger partial charge in [-0.2, -0.15) is 0 Å². The van der Waals surface area contributed by atoms with E-state index in [-0.39, 0.29) is 5.56 Å². The highest BCUT2D eigenvalue weighted by Crippen LogP contribution is 2.36. The molecule has 98 valence electrons. The van der Waals surface area contributed by atoms with E-state index in [0.29, 0.717) is 5.46 Å². The largest absolute Gasteiger partial charge is 0.496 e. The Labute approximate surface area is 106 Å². The summed E-state index contributed by atoms with van der Waals surface area (Å²) in [6, 6.07) is 0. The summed E-state index contributed by atoms with van der Waals surface area (Å²) in [5, 5.41) is 9.24. The molecule has 0 bridgehead atoms. The third-order valence-electron chi connectivity index (χ3n) is 3.70. The molecule has 6 heteroatoms. The van der Waals surface area contributed by atoms with Gasteiger partial charge in [-0.3, -0.25) is 4.98 Å². The molecule has 1 aliphatic heterocycles. The van der Waals surface area contributed by atoms with Crippen LogP contribution in [0.4, 0.5) is 4.39 Å². The highest BCUT2D eigenvalue weighted by molar-refractivity contribution is 6.62. The van der Waals surface area contributed by atoms with Gasteiger partial charge in [-0.15, -0.1) is 0 Å². The van der Waals surface area contributed by atoms with Gasteiger partial charge in [0.15, 0.2) is 0 Å². The van der Waals surface area contributed by atoms with Crippen LogP contribution >= 0.6 is 0 Å². The lowest BCUT2D eigenvalue weighted by molar-refractivity contribution is 0.00578. The average Bonchev–Trinajstić information content (AvgIpc) is 2.47. The Morgan fingerprint density at radius 1 is 1.22 bits per heavy atom. The molecule has 1 aliphatic rings. The van der Waals surface area contributed by atoms with Gasteiger partial charge in [-0.25, -0.2) is 4.39 Å². The second kappa shape index (κ2) is 4.29. The standard InChI is InChI=1S/C12H17BFNO3/c1-11(2)12(3,4)18-13(17-11)9-5-15-6-10(14)8(9)7-16/h5-6,16H,7H2,1-4H3. The maximum Gasteiger partial charge on any atom is 0.496 e. The molecular formula is C12H17BFNO3. The number of rotatable bonds is 2. The fraction of sp³-hybridized carbons (Fsp3) is 0.583. The molecule has 0 amide bonds. The van der Waals surface area contributed by atoms with Gasteiger partial charge in [-0.1, -0.05) is 0 Å². The fourth-order valence-corrected chi connectivity index (χ4v) is 1.82. The van der Waals surface area contributed by atoms with E-state index in [9.17, 15) is 9.50 Å². The van der Waals surface area contributed by atoms with Gasteiger partial charge in [0, 0.05) is 17.2 Å². The third-order valence-corrected chi connectivity index (χ3v) is 3.70. The molecule has 1 N–H and O–H groups in total. The Kier molecular flexibility index (Phi) is 3.21. The average molecular weight is 253 g/mol. The molecule has 0 atom stereocenters. The van der Waals surface area contributed by atoms with Crippen molar-refractivity contribution in [3.05, 3.63) is 23.8 Å². The zero-order valence-corrected chi connectivity index (χ0v) is 11.0. The van der Waals surface area contributed by atoms with Crippen LogP contribution in [0.5, 0.6) is 0 Å². The maximum absolute atomic E-state index is 13.6. The number of pyridine rings is 1. The predicted octanol–water partition coefficient (Wildman–Crippen LogP) is 1.01. The Hall–Kier alpha value is -0.975. The van der Waals surface area contributed by atoms with Crippen molar-refractivity contribution in [1.82, 2.24) is 4.98 Å². The van der Waals surface area contributed by atoms with Gasteiger partial charge in [0.25, 0.3) is 0 Å². The molecule has 1 aromatic rings. The molecule has 0 radical (unpaired) electrons. The first-order chi connectivity index (χ1) is 8.28. The maximum atomic E-state index is 13.6. The summed E-state index contributed by atoms with van der Waals surface area (Å²) < 4.78 is 25.2. The number of aromatic nitrogens is 1. The lowest BCUT2D eigenvalue weighted by Crippen LogP contribution is -2.41. The van der Waals surface area contributed by atoms with Crippen molar-refractivity contribution in [3.63, 3.8) is 0 Å². The topological polar surface area (TPSA) is 51.6 Å². The van der Waals surface area contributed by atoms with Gasteiger partial charge in [0.2, 0.25) is 0 Å². The van der Waals surface area contributed by atoms with E-state index in [1.807, 2.05) is 27.7 Å². The lowest BCUT2D eigenvalue weighted by atomic mass is 9.77. The second-order valence-electron chi connectivity index (χ2n) is 5.44. The van der Waals surface area contributed by atoms with Crippen LogP contribution in [0.1, 0.15) is 33.3 Å². The number of halogens is 1. The first-order valence-corrected chi connectivity index (χ1v) is 5.87. The number of hydrogen-bond donors (Lipinski definition) is 1. The first kappa shape index (κ1) is 13.5. The van der Waals surface area contributed by atoms with Crippen molar-refractivity contribution in [2.75, 3.05) is 0 Å². The summed E-state index contributed by atoms with van der Waals surface area (Å²) >= 11 is 0. The quantitative estimate of drug-likeness (QED) is 0.799. The van der Waals surface area contributed by atoms with E-state index in [1.165, 1.54) is 6.20 Å². The third kappa shape index (κ3) is 2.04. The summed E-state index contributed by atoms with van der Waals surface area (Å²) in [4.78, 5) is 3.79. The minimum absolute atomic E-state index is 0.170. The van der Waals surface area contributed by atoms with E-state index in [2.05, 4.69) is 4.98 Å². The van der Waals surface area contributed by atoms with Crippen LogP contribution in [0.2, 0.25) is 0 Å². The van der Waals surface area contributed by atoms with Crippen molar-refractivity contribution in [1.29, 1.82) is 0 Å². The molecular weight excluding hydrogens is 236 g/mol. The van der Waals surface area contributed by atoms with Crippen molar-refractivity contribution in [2.45, 2.75) is 45.5 Å². The van der Waals surface area contributed by atoms with Gasteiger partial charge in [0.1, 0.15) is 5.82 Å². The Morgan fingerprint density at radius 2 is 1.78 bits per heavy atom. The molecule has 0 spiro atoms. The zero-order chi connectivity index (χ0) is 13.6. The van der Waals surface area contributed by atoms with Crippen LogP contribution in [0.3, 0.4) is 0 Å². The molecule has 1 fully saturated rings. The van der Waals surface area contributed by atoms with Crippen molar-refractivity contribution < 1.29 is 18.8 Å². The summed E-state index contributed by atoms with van der Waals surface area (Å²) in [7, 11) is -0.708. The van der Waals surface area contributed by atoms with E-state index in [1.54, 1.807) is 0 Å². The SMILES string of the molecule is CC1(C)OB(c2cncc(F)c2CO)OC1(C)C. The minimum Gasteiger partial charge on any atom is -0.399 e. The Morgan fingerprint density at radius 3 is 2.28 bits per heavy atom. The summed E-state index contributed by atoms with van der Waals surface area (Å²) in [5.41, 5.74) is -0.396. The Balaban J connectivity index is 2.38. The van der Waals surface area contributed by atoms with Crippen LogP contribution in [0.25, 0.3) is 0 Å². The minimum atomic E-state index is -0.708. The van der Waals surface area contributed by atoms with E-state index in [4.69, 9.17) is 9.31 Å². The van der Waals surface area contributed by atoms with Crippen LogP contribution < -0.4 is 5.46 Å². The molecule has 1 aromatic heterocycles. The van der Waals surface area contributed by atoms with E-state index >= 15 is 0 Å². The second-order valence-corrected chi connectivity index (χ2v) is 5.44. The summed E-state index contributed by atoms with van der Waals surface area (Å²) in [6.45, 7) is 7.25. The van der Waals surface area contributed by atoms with Crippen molar-refractivity contribution in [2.24, 2.45) is 0 Å². The summed E-state index contributed by atoms with van der Waals surface area (Å²) in [5.74, 6) is -0.551. The molecule has 1 saturated heterocycles. The van der Waals surface area contributed by atoms with Crippen LogP contribution in [0, 0.1) is 5.82 Å². The molecule has 18 heavy (non-hydrogen) atoms. The van der Waals surface area contributed by atoms with Crippen molar-refractivity contribution >= 4 is 12.6 Å². The van der Waals surface area contributed by atoms with E-state index in [0.717, 1.165) is 6.20 Å². The van der Waals surface area contributed by atoms with Gasteiger partial charge in [-0.05, 0) is 27.7 Å². The van der Waals surface area contributed by atoms with Gasteiger partial charge >= 0.3 is 7.12 Å². The monoisotopic (exact) mass is 253 g/mol. The van der Waals surface area contributed by atoms with Crippen LogP contribution in [0.15, 0.2) is 12.4 Å². The highest BCUT2D eigenvalue weighted by Gasteiger charge is 2.52. The molecule has 0 aromatic carbocycles. The molecule has 2 rings (SSSR count). The Bertz CT molecular complexity index is 449. The molecule has 2 heterocycles. The molecule has 4 nitrogen and oxygen atoms in total. The fourth-order valence-electron chi connectivity index (χ4n) is 1.82. The number of aliphatic hydroxyl groups is 1. The van der Waals surface area contributed by atoms with Crippen molar-refractivity contribution in [3.8, 4) is 0 Å². The summed E-state index contributed by atoms with van der Waals surface area (Å²) in [6.07, 6.45) is 2.54. The normalized spacial score (nSPS) is 21.3. The predicted molar refractivity (Wildman–Crippen MR) is 65.8 cm³/mol. The lowest BCUT2D eigenvalue weighted by Gasteiger charge is -2.32. The smallest absolute Gasteiger partial charge is 0.399 e. The van der Waals surface area contributed by atoms with Crippen LogP contribution in [-0.2, 0) is 15.9 Å². The van der Waals surface area contributed by atoms with Gasteiger partial charge in [0.05, 0.1) is 24.0 Å².